The summed E-state index contributed by atoms with van der Waals surface area (Å²) in [5, 5.41) is 3.61. The van der Waals surface area contributed by atoms with Gasteiger partial charge >= 0.3 is 0 Å². The molecule has 1 aromatic heterocycles. The molecule has 1 unspecified atom stereocenters. The molecular formula is C13H14ClN3. The highest BCUT2D eigenvalue weighted by Crippen LogP contribution is 2.21. The summed E-state index contributed by atoms with van der Waals surface area (Å²) in [7, 11) is 0. The molecule has 3 nitrogen and oxygen atoms in total. The van der Waals surface area contributed by atoms with E-state index in [0.717, 1.165) is 12.2 Å². The summed E-state index contributed by atoms with van der Waals surface area (Å²) in [5.74, 6) is 0.751. The quantitative estimate of drug-likeness (QED) is 0.838. The summed E-state index contributed by atoms with van der Waals surface area (Å²) in [5.41, 5.74) is 1.24. The summed E-state index contributed by atoms with van der Waals surface area (Å²) >= 11 is 5.76. The number of halogens is 1. The zero-order chi connectivity index (χ0) is 12.1. The van der Waals surface area contributed by atoms with Crippen LogP contribution in [0.3, 0.4) is 0 Å². The van der Waals surface area contributed by atoms with Crippen molar-refractivity contribution in [1.29, 1.82) is 0 Å². The average molecular weight is 248 g/mol. The zero-order valence-corrected chi connectivity index (χ0v) is 10.4. The fourth-order valence-electron chi connectivity index (χ4n) is 1.70. The monoisotopic (exact) mass is 247 g/mol. The van der Waals surface area contributed by atoms with E-state index in [1.165, 1.54) is 5.56 Å². The van der Waals surface area contributed by atoms with E-state index in [0.29, 0.717) is 0 Å². The molecule has 2 aromatic rings. The van der Waals surface area contributed by atoms with Gasteiger partial charge in [0.25, 0.3) is 0 Å². The van der Waals surface area contributed by atoms with Crippen LogP contribution in [0.15, 0.2) is 42.6 Å². The fourth-order valence-corrected chi connectivity index (χ4v) is 1.85. The molecule has 0 saturated heterocycles. The second-order valence-electron chi connectivity index (χ2n) is 3.73. The maximum Gasteiger partial charge on any atom is 0.224 e. The molecule has 1 atom stereocenters. The SMILES string of the molecule is CCC(Nc1ccnc(Cl)n1)c1ccccc1. The van der Waals surface area contributed by atoms with Crippen LogP contribution in [0.2, 0.25) is 5.28 Å². The lowest BCUT2D eigenvalue weighted by atomic mass is 10.0. The Morgan fingerprint density at radius 1 is 1.24 bits per heavy atom. The predicted molar refractivity (Wildman–Crippen MR) is 70.1 cm³/mol. The molecule has 4 heteroatoms. The van der Waals surface area contributed by atoms with Gasteiger partial charge in [0, 0.05) is 6.20 Å². The van der Waals surface area contributed by atoms with Gasteiger partial charge < -0.3 is 5.32 Å². The maximum atomic E-state index is 5.76. The van der Waals surface area contributed by atoms with Gasteiger partial charge in [-0.15, -0.1) is 0 Å². The van der Waals surface area contributed by atoms with Gasteiger partial charge in [-0.25, -0.2) is 9.97 Å². The van der Waals surface area contributed by atoms with Crippen molar-refractivity contribution in [2.24, 2.45) is 0 Å². The van der Waals surface area contributed by atoms with Crippen LogP contribution in [0.5, 0.6) is 0 Å². The van der Waals surface area contributed by atoms with Crippen LogP contribution in [0, 0.1) is 0 Å². The van der Waals surface area contributed by atoms with Crippen LogP contribution < -0.4 is 5.32 Å². The minimum atomic E-state index is 0.238. The average Bonchev–Trinajstić information content (AvgIpc) is 2.37. The lowest BCUT2D eigenvalue weighted by molar-refractivity contribution is 0.744. The lowest BCUT2D eigenvalue weighted by Crippen LogP contribution is -2.10. The molecule has 1 heterocycles. The molecule has 0 aliphatic rings. The Balaban J connectivity index is 2.16. The van der Waals surface area contributed by atoms with Crippen molar-refractivity contribution in [3.63, 3.8) is 0 Å². The highest BCUT2D eigenvalue weighted by atomic mass is 35.5. The molecule has 0 bridgehead atoms. The first-order valence-electron chi connectivity index (χ1n) is 5.59. The first-order valence-corrected chi connectivity index (χ1v) is 5.97. The van der Waals surface area contributed by atoms with Crippen LogP contribution in [0.25, 0.3) is 0 Å². The van der Waals surface area contributed by atoms with E-state index in [-0.39, 0.29) is 11.3 Å². The van der Waals surface area contributed by atoms with E-state index >= 15 is 0 Å². The number of nitrogens with one attached hydrogen (secondary N) is 1. The molecule has 1 N–H and O–H groups in total. The van der Waals surface area contributed by atoms with E-state index in [1.54, 1.807) is 6.20 Å². The third kappa shape index (κ3) is 3.17. The van der Waals surface area contributed by atoms with Gasteiger partial charge in [0.2, 0.25) is 5.28 Å². The molecule has 0 spiro atoms. The summed E-state index contributed by atoms with van der Waals surface area (Å²) < 4.78 is 0. The molecule has 0 saturated carbocycles. The second-order valence-corrected chi connectivity index (χ2v) is 4.06. The predicted octanol–water partition coefficient (Wildman–Crippen LogP) is 3.69. The Hall–Kier alpha value is -1.61. The smallest absolute Gasteiger partial charge is 0.224 e. The number of rotatable bonds is 4. The van der Waals surface area contributed by atoms with Crippen molar-refractivity contribution in [2.75, 3.05) is 5.32 Å². The van der Waals surface area contributed by atoms with Crippen molar-refractivity contribution in [1.82, 2.24) is 9.97 Å². The minimum absolute atomic E-state index is 0.238. The number of nitrogens with zero attached hydrogens (tertiary/aromatic N) is 2. The molecule has 0 aliphatic carbocycles. The van der Waals surface area contributed by atoms with Gasteiger partial charge in [0.1, 0.15) is 5.82 Å². The highest BCUT2D eigenvalue weighted by Gasteiger charge is 2.09. The molecule has 2 rings (SSSR count). The van der Waals surface area contributed by atoms with E-state index in [1.807, 2.05) is 24.3 Å². The van der Waals surface area contributed by atoms with Crippen molar-refractivity contribution in [3.05, 3.63) is 53.4 Å². The zero-order valence-electron chi connectivity index (χ0n) is 9.60. The third-order valence-corrected chi connectivity index (χ3v) is 2.74. The summed E-state index contributed by atoms with van der Waals surface area (Å²) in [4.78, 5) is 7.99. The molecule has 1 aromatic carbocycles. The Morgan fingerprint density at radius 3 is 2.65 bits per heavy atom. The molecule has 17 heavy (non-hydrogen) atoms. The molecule has 0 fully saturated rings. The minimum Gasteiger partial charge on any atom is -0.363 e. The van der Waals surface area contributed by atoms with E-state index in [2.05, 4.69) is 34.3 Å². The van der Waals surface area contributed by atoms with Crippen LogP contribution in [-0.2, 0) is 0 Å². The van der Waals surface area contributed by atoms with Crippen molar-refractivity contribution >= 4 is 17.4 Å². The second kappa shape index (κ2) is 5.64. The maximum absolute atomic E-state index is 5.76. The Bertz CT molecular complexity index is 473. The van der Waals surface area contributed by atoms with Crippen molar-refractivity contribution < 1.29 is 0 Å². The third-order valence-electron chi connectivity index (χ3n) is 2.56. The first-order chi connectivity index (χ1) is 8.29. The van der Waals surface area contributed by atoms with E-state index < -0.39 is 0 Å². The van der Waals surface area contributed by atoms with Crippen molar-refractivity contribution in [2.45, 2.75) is 19.4 Å². The fraction of sp³-hybridized carbons (Fsp3) is 0.231. The molecule has 0 amide bonds. The normalized spacial score (nSPS) is 12.1. The molecular weight excluding hydrogens is 234 g/mol. The number of hydrogen-bond donors (Lipinski definition) is 1. The largest absolute Gasteiger partial charge is 0.363 e. The van der Waals surface area contributed by atoms with Crippen LogP contribution >= 0.6 is 11.6 Å². The van der Waals surface area contributed by atoms with Gasteiger partial charge in [0.05, 0.1) is 6.04 Å². The number of hydrogen-bond acceptors (Lipinski definition) is 3. The molecule has 0 radical (unpaired) electrons. The van der Waals surface area contributed by atoms with Gasteiger partial charge in [-0.3, -0.25) is 0 Å². The first kappa shape index (κ1) is 11.9. The number of benzene rings is 1. The van der Waals surface area contributed by atoms with Gasteiger partial charge in [-0.2, -0.15) is 0 Å². The Labute approximate surface area is 106 Å². The topological polar surface area (TPSA) is 37.8 Å². The summed E-state index contributed by atoms with van der Waals surface area (Å²) in [6.45, 7) is 2.13. The lowest BCUT2D eigenvalue weighted by Gasteiger charge is -2.17. The van der Waals surface area contributed by atoms with Gasteiger partial charge in [-0.05, 0) is 29.7 Å². The summed E-state index contributed by atoms with van der Waals surface area (Å²) in [6, 6.07) is 12.3. The molecule has 88 valence electrons. The summed E-state index contributed by atoms with van der Waals surface area (Å²) in [6.07, 6.45) is 2.63. The van der Waals surface area contributed by atoms with Gasteiger partial charge in [-0.1, -0.05) is 37.3 Å². The van der Waals surface area contributed by atoms with E-state index in [9.17, 15) is 0 Å². The van der Waals surface area contributed by atoms with Crippen LogP contribution in [0.4, 0.5) is 5.82 Å². The Morgan fingerprint density at radius 2 is 2.00 bits per heavy atom. The number of aromatic nitrogens is 2. The van der Waals surface area contributed by atoms with Crippen molar-refractivity contribution in [3.8, 4) is 0 Å². The highest BCUT2D eigenvalue weighted by molar-refractivity contribution is 6.28. The van der Waals surface area contributed by atoms with Crippen LogP contribution in [-0.4, -0.2) is 9.97 Å². The van der Waals surface area contributed by atoms with Gasteiger partial charge in [0.15, 0.2) is 0 Å². The van der Waals surface area contributed by atoms with E-state index in [4.69, 9.17) is 11.6 Å². The Kier molecular flexibility index (Phi) is 3.94. The standard InChI is InChI=1S/C13H14ClN3/c1-2-11(10-6-4-3-5-7-10)16-12-8-9-15-13(14)17-12/h3-9,11H,2H2,1H3,(H,15,16,17). The number of anilines is 1. The van der Waals surface area contributed by atoms with Crippen LogP contribution in [0.1, 0.15) is 24.9 Å². The molecule has 0 aliphatic heterocycles.